The molecular weight excluding hydrogens is 281 g/mol. The molecule has 1 heterocycles. The van der Waals surface area contributed by atoms with E-state index in [1.54, 1.807) is 6.07 Å². The van der Waals surface area contributed by atoms with Crippen LogP contribution in [0.4, 0.5) is 18.9 Å². The molecule has 1 fully saturated rings. The Bertz CT molecular complexity index is 516. The molecule has 0 saturated carbocycles. The van der Waals surface area contributed by atoms with Crippen molar-refractivity contribution in [2.75, 3.05) is 44.6 Å². The lowest BCUT2D eigenvalue weighted by molar-refractivity contribution is -0.137. The van der Waals surface area contributed by atoms with Crippen molar-refractivity contribution in [3.8, 4) is 6.07 Å². The number of alkyl halides is 3. The molecule has 0 amide bonds. The fraction of sp³-hybridized carbons (Fsp3) is 0.500. The number of halogens is 3. The first-order valence-electron chi connectivity index (χ1n) is 6.79. The number of benzene rings is 1. The Hall–Kier alpha value is -1.78. The minimum absolute atomic E-state index is 0.352. The van der Waals surface area contributed by atoms with Gasteiger partial charge in [-0.2, -0.15) is 18.4 Å². The van der Waals surface area contributed by atoms with Gasteiger partial charge in [0.1, 0.15) is 0 Å². The SMILES string of the molecule is N#Cc1cc(NCCN2CCNCC2)ccc1C(F)(F)F. The number of anilines is 1. The Labute approximate surface area is 121 Å². The molecule has 7 heteroatoms. The largest absolute Gasteiger partial charge is 0.417 e. The maximum Gasteiger partial charge on any atom is 0.417 e. The van der Waals surface area contributed by atoms with E-state index in [0.717, 1.165) is 38.8 Å². The van der Waals surface area contributed by atoms with E-state index in [1.165, 1.54) is 12.1 Å². The van der Waals surface area contributed by atoms with Crippen LogP contribution in [0.1, 0.15) is 11.1 Å². The molecule has 1 aromatic rings. The van der Waals surface area contributed by atoms with Crippen LogP contribution in [0.25, 0.3) is 0 Å². The summed E-state index contributed by atoms with van der Waals surface area (Å²) in [5.41, 5.74) is -0.706. The summed E-state index contributed by atoms with van der Waals surface area (Å²) < 4.78 is 38.0. The second-order valence-electron chi connectivity index (χ2n) is 4.89. The van der Waals surface area contributed by atoms with Crippen molar-refractivity contribution in [1.29, 1.82) is 5.26 Å². The number of hydrogen-bond donors (Lipinski definition) is 2. The number of nitrogens with one attached hydrogen (secondary N) is 2. The molecule has 21 heavy (non-hydrogen) atoms. The van der Waals surface area contributed by atoms with Crippen molar-refractivity contribution in [1.82, 2.24) is 10.2 Å². The topological polar surface area (TPSA) is 51.1 Å². The van der Waals surface area contributed by atoms with E-state index in [2.05, 4.69) is 15.5 Å². The van der Waals surface area contributed by atoms with Gasteiger partial charge in [0.05, 0.1) is 17.2 Å². The van der Waals surface area contributed by atoms with E-state index in [1.807, 2.05) is 0 Å². The van der Waals surface area contributed by atoms with Crippen LogP contribution in [-0.4, -0.2) is 44.2 Å². The van der Waals surface area contributed by atoms with Crippen molar-refractivity contribution >= 4 is 5.69 Å². The zero-order valence-electron chi connectivity index (χ0n) is 11.5. The average Bonchev–Trinajstić information content (AvgIpc) is 2.47. The summed E-state index contributed by atoms with van der Waals surface area (Å²) in [6.45, 7) is 5.31. The van der Waals surface area contributed by atoms with Gasteiger partial charge in [-0.15, -0.1) is 0 Å². The van der Waals surface area contributed by atoms with Crippen molar-refractivity contribution in [2.24, 2.45) is 0 Å². The molecule has 0 spiro atoms. The van der Waals surface area contributed by atoms with Crippen LogP contribution in [0.3, 0.4) is 0 Å². The first kappa shape index (κ1) is 15.6. The zero-order chi connectivity index (χ0) is 15.3. The summed E-state index contributed by atoms with van der Waals surface area (Å²) in [7, 11) is 0. The molecule has 114 valence electrons. The van der Waals surface area contributed by atoms with Crippen LogP contribution < -0.4 is 10.6 Å². The van der Waals surface area contributed by atoms with Crippen LogP contribution in [-0.2, 0) is 6.18 Å². The quantitative estimate of drug-likeness (QED) is 0.891. The highest BCUT2D eigenvalue weighted by molar-refractivity contribution is 5.53. The molecule has 0 aliphatic carbocycles. The third kappa shape index (κ3) is 4.34. The summed E-state index contributed by atoms with van der Waals surface area (Å²) in [5.74, 6) is 0. The molecular formula is C14H17F3N4. The molecule has 1 saturated heterocycles. The van der Waals surface area contributed by atoms with E-state index >= 15 is 0 Å². The molecule has 2 N–H and O–H groups in total. The van der Waals surface area contributed by atoms with Crippen molar-refractivity contribution in [2.45, 2.75) is 6.18 Å². The molecule has 4 nitrogen and oxygen atoms in total. The van der Waals surface area contributed by atoms with Gasteiger partial charge in [0.2, 0.25) is 0 Å². The third-order valence-electron chi connectivity index (χ3n) is 3.41. The molecule has 2 rings (SSSR count). The predicted octanol–water partition coefficient (Wildman–Crippen LogP) is 1.89. The smallest absolute Gasteiger partial charge is 0.384 e. The van der Waals surface area contributed by atoms with E-state index in [-0.39, 0.29) is 5.56 Å². The van der Waals surface area contributed by atoms with Crippen LogP contribution in [0.15, 0.2) is 18.2 Å². The maximum absolute atomic E-state index is 12.7. The number of rotatable bonds is 4. The average molecular weight is 298 g/mol. The second kappa shape index (κ2) is 6.78. The molecule has 1 aliphatic rings. The van der Waals surface area contributed by atoms with Crippen LogP contribution in [0.5, 0.6) is 0 Å². The van der Waals surface area contributed by atoms with Gasteiger partial charge in [0, 0.05) is 45.0 Å². The molecule has 0 unspecified atom stereocenters. The van der Waals surface area contributed by atoms with Crippen molar-refractivity contribution in [3.63, 3.8) is 0 Å². The Balaban J connectivity index is 1.93. The Morgan fingerprint density at radius 1 is 1.29 bits per heavy atom. The second-order valence-corrected chi connectivity index (χ2v) is 4.89. The monoisotopic (exact) mass is 298 g/mol. The van der Waals surface area contributed by atoms with Gasteiger partial charge in [0.25, 0.3) is 0 Å². The minimum atomic E-state index is -4.50. The Kier molecular flexibility index (Phi) is 5.04. The minimum Gasteiger partial charge on any atom is -0.384 e. The van der Waals surface area contributed by atoms with Crippen molar-refractivity contribution < 1.29 is 13.2 Å². The first-order chi connectivity index (χ1) is 10.0. The summed E-state index contributed by atoms with van der Waals surface area (Å²) in [6, 6.07) is 5.17. The fourth-order valence-corrected chi connectivity index (χ4v) is 2.29. The van der Waals surface area contributed by atoms with E-state index < -0.39 is 11.7 Å². The van der Waals surface area contributed by atoms with E-state index in [0.29, 0.717) is 12.2 Å². The molecule has 0 atom stereocenters. The van der Waals surface area contributed by atoms with Crippen molar-refractivity contribution in [3.05, 3.63) is 29.3 Å². The summed E-state index contributed by atoms with van der Waals surface area (Å²) in [5, 5.41) is 15.2. The molecule has 0 aromatic heterocycles. The van der Waals surface area contributed by atoms with Crippen LogP contribution in [0, 0.1) is 11.3 Å². The number of piperazine rings is 1. The number of hydrogen-bond acceptors (Lipinski definition) is 4. The number of nitriles is 1. The van der Waals surface area contributed by atoms with Gasteiger partial charge in [0.15, 0.2) is 0 Å². The zero-order valence-corrected chi connectivity index (χ0v) is 11.5. The van der Waals surface area contributed by atoms with Gasteiger partial charge in [-0.25, -0.2) is 0 Å². The van der Waals surface area contributed by atoms with Gasteiger partial charge < -0.3 is 10.6 Å². The maximum atomic E-state index is 12.7. The van der Waals surface area contributed by atoms with Gasteiger partial charge in [-0.3, -0.25) is 4.90 Å². The fourth-order valence-electron chi connectivity index (χ4n) is 2.29. The summed E-state index contributed by atoms with van der Waals surface area (Å²) in [4.78, 5) is 2.28. The summed E-state index contributed by atoms with van der Waals surface area (Å²) >= 11 is 0. The predicted molar refractivity (Wildman–Crippen MR) is 74.0 cm³/mol. The molecule has 1 aliphatic heterocycles. The van der Waals surface area contributed by atoms with Crippen LogP contribution >= 0.6 is 0 Å². The Morgan fingerprint density at radius 2 is 2.00 bits per heavy atom. The Morgan fingerprint density at radius 3 is 2.62 bits per heavy atom. The molecule has 1 aromatic carbocycles. The normalized spacial score (nSPS) is 16.5. The first-order valence-corrected chi connectivity index (χ1v) is 6.79. The van der Waals surface area contributed by atoms with Crippen LogP contribution in [0.2, 0.25) is 0 Å². The lowest BCUT2D eigenvalue weighted by atomic mass is 10.1. The van der Waals surface area contributed by atoms with E-state index in [9.17, 15) is 13.2 Å². The standard InChI is InChI=1S/C14H17F3N4/c15-14(16,17)13-2-1-12(9-11(13)10-18)20-5-8-21-6-3-19-4-7-21/h1-2,9,19-20H,3-8H2. The lowest BCUT2D eigenvalue weighted by Gasteiger charge is -2.27. The number of nitrogens with zero attached hydrogens (tertiary/aromatic N) is 2. The molecule has 0 radical (unpaired) electrons. The summed E-state index contributed by atoms with van der Waals surface area (Å²) in [6.07, 6.45) is -4.50. The highest BCUT2D eigenvalue weighted by Gasteiger charge is 2.33. The third-order valence-corrected chi connectivity index (χ3v) is 3.41. The highest BCUT2D eigenvalue weighted by atomic mass is 19.4. The van der Waals surface area contributed by atoms with Gasteiger partial charge in [-0.1, -0.05) is 0 Å². The molecule has 0 bridgehead atoms. The highest BCUT2D eigenvalue weighted by Crippen LogP contribution is 2.32. The lowest BCUT2D eigenvalue weighted by Crippen LogP contribution is -2.45. The van der Waals surface area contributed by atoms with E-state index in [4.69, 9.17) is 5.26 Å². The van der Waals surface area contributed by atoms with Gasteiger partial charge >= 0.3 is 6.18 Å². The van der Waals surface area contributed by atoms with Gasteiger partial charge in [-0.05, 0) is 18.2 Å².